The lowest BCUT2D eigenvalue weighted by Gasteiger charge is -2.32. The number of carbonyl (C=O) groups is 1. The Morgan fingerprint density at radius 2 is 1.63 bits per heavy atom. The maximum Gasteiger partial charge on any atom is 0.268 e. The third-order valence-electron chi connectivity index (χ3n) is 8.62. The summed E-state index contributed by atoms with van der Waals surface area (Å²) in [6.07, 6.45) is 8.09. The lowest BCUT2D eigenvalue weighted by Crippen LogP contribution is -2.39. The molecule has 46 heavy (non-hydrogen) atoms. The van der Waals surface area contributed by atoms with Crippen LogP contribution in [0.2, 0.25) is 0 Å². The number of pyridine rings is 1. The zero-order valence-corrected chi connectivity index (χ0v) is 26.6. The molecule has 3 aromatic rings. The summed E-state index contributed by atoms with van der Waals surface area (Å²) < 4.78 is 75.2. The second kappa shape index (κ2) is 13.9. The third-order valence-corrected chi connectivity index (χ3v) is 9.96. The number of sulfonamides is 1. The zero-order chi connectivity index (χ0) is 32.3. The predicted octanol–water partition coefficient (Wildman–Crippen LogP) is 6.05. The van der Waals surface area contributed by atoms with E-state index in [9.17, 15) is 13.2 Å². The SMILES string of the molecule is CC[C@@H](Oc1ccc(C(=O)NS(=O)(=O)c2ccc(OC3CCN(CC4CC4)CC3)cc2)c(F)c1F)c1ccc(OCC2CC2)cn1. The van der Waals surface area contributed by atoms with Gasteiger partial charge in [0, 0.05) is 19.6 Å². The van der Waals surface area contributed by atoms with Crippen LogP contribution in [0, 0.1) is 23.5 Å². The Labute approximate surface area is 268 Å². The van der Waals surface area contributed by atoms with Crippen LogP contribution in [0.3, 0.4) is 0 Å². The first kappa shape index (κ1) is 32.2. The van der Waals surface area contributed by atoms with Gasteiger partial charge in [-0.3, -0.25) is 9.78 Å². The van der Waals surface area contributed by atoms with Gasteiger partial charge in [0.2, 0.25) is 5.82 Å². The van der Waals surface area contributed by atoms with Crippen molar-refractivity contribution < 1.29 is 36.2 Å². The highest BCUT2D eigenvalue weighted by molar-refractivity contribution is 7.90. The van der Waals surface area contributed by atoms with E-state index in [0.29, 0.717) is 36.1 Å². The van der Waals surface area contributed by atoms with Gasteiger partial charge in [0.1, 0.15) is 23.7 Å². The summed E-state index contributed by atoms with van der Waals surface area (Å²) >= 11 is 0. The van der Waals surface area contributed by atoms with E-state index in [0.717, 1.165) is 50.5 Å². The number of ether oxygens (including phenoxy) is 3. The van der Waals surface area contributed by atoms with Gasteiger partial charge < -0.3 is 19.1 Å². The first-order valence-corrected chi connectivity index (χ1v) is 17.5. The van der Waals surface area contributed by atoms with Crippen LogP contribution in [0.15, 0.2) is 59.6 Å². The molecule has 246 valence electrons. The van der Waals surface area contributed by atoms with E-state index < -0.39 is 45.0 Å². The number of carbonyl (C=O) groups excluding carboxylic acids is 1. The van der Waals surface area contributed by atoms with Gasteiger partial charge in [0.05, 0.1) is 29.0 Å². The van der Waals surface area contributed by atoms with Gasteiger partial charge in [-0.1, -0.05) is 6.92 Å². The number of hydrogen-bond donors (Lipinski definition) is 1. The summed E-state index contributed by atoms with van der Waals surface area (Å²) in [6.45, 7) is 5.56. The van der Waals surface area contributed by atoms with Crippen LogP contribution < -0.4 is 18.9 Å². The van der Waals surface area contributed by atoms with E-state index in [1.165, 1.54) is 49.9 Å². The third kappa shape index (κ3) is 8.14. The smallest absolute Gasteiger partial charge is 0.268 e. The Bertz CT molecular complexity index is 1620. The first-order valence-electron chi connectivity index (χ1n) is 16.0. The Morgan fingerprint density at radius 1 is 0.935 bits per heavy atom. The minimum atomic E-state index is -4.38. The van der Waals surface area contributed by atoms with Crippen LogP contribution in [0.25, 0.3) is 0 Å². The van der Waals surface area contributed by atoms with Crippen molar-refractivity contribution in [2.24, 2.45) is 11.8 Å². The molecule has 0 radical (unpaired) electrons. The zero-order valence-electron chi connectivity index (χ0n) is 25.8. The first-order chi connectivity index (χ1) is 22.2. The van der Waals surface area contributed by atoms with Gasteiger partial charge in [0.25, 0.3) is 15.9 Å². The Morgan fingerprint density at radius 3 is 2.26 bits per heavy atom. The van der Waals surface area contributed by atoms with Crippen LogP contribution >= 0.6 is 0 Å². The van der Waals surface area contributed by atoms with Gasteiger partial charge in [-0.2, -0.15) is 4.39 Å². The van der Waals surface area contributed by atoms with E-state index >= 15 is 8.78 Å². The summed E-state index contributed by atoms with van der Waals surface area (Å²) in [5, 5.41) is 0. The number of nitrogens with zero attached hydrogens (tertiary/aromatic N) is 2. The van der Waals surface area contributed by atoms with Crippen LogP contribution in [-0.4, -0.2) is 56.6 Å². The molecule has 1 amide bonds. The van der Waals surface area contributed by atoms with Crippen molar-refractivity contribution in [3.63, 3.8) is 0 Å². The molecule has 3 fully saturated rings. The normalized spacial score (nSPS) is 18.2. The Balaban J connectivity index is 1.04. The molecule has 0 unspecified atom stereocenters. The number of amides is 1. The second-order valence-electron chi connectivity index (χ2n) is 12.4. The number of benzene rings is 2. The summed E-state index contributed by atoms with van der Waals surface area (Å²) in [6, 6.07) is 11.2. The molecule has 2 saturated carbocycles. The molecule has 2 aromatic carbocycles. The lowest BCUT2D eigenvalue weighted by molar-refractivity contribution is 0.0975. The van der Waals surface area contributed by atoms with Gasteiger partial charge in [-0.25, -0.2) is 17.5 Å². The van der Waals surface area contributed by atoms with Crippen LogP contribution in [0.1, 0.15) is 74.0 Å². The van der Waals surface area contributed by atoms with Crippen molar-refractivity contribution in [2.75, 3.05) is 26.2 Å². The topological polar surface area (TPSA) is 107 Å². The molecule has 2 heterocycles. The molecule has 1 aromatic heterocycles. The highest BCUT2D eigenvalue weighted by Gasteiger charge is 2.29. The van der Waals surface area contributed by atoms with E-state index in [2.05, 4.69) is 9.88 Å². The van der Waals surface area contributed by atoms with Crippen molar-refractivity contribution >= 4 is 15.9 Å². The number of nitrogens with one attached hydrogen (secondary N) is 1. The highest BCUT2D eigenvalue weighted by Crippen LogP contribution is 2.32. The van der Waals surface area contributed by atoms with E-state index in [4.69, 9.17) is 14.2 Å². The van der Waals surface area contributed by atoms with E-state index in [-0.39, 0.29) is 11.0 Å². The lowest BCUT2D eigenvalue weighted by atomic mass is 10.1. The summed E-state index contributed by atoms with van der Waals surface area (Å²) in [7, 11) is -4.38. The number of halogens is 2. The summed E-state index contributed by atoms with van der Waals surface area (Å²) in [5.74, 6) is -2.09. The number of aromatic nitrogens is 1. The Hall–Kier alpha value is -3.77. The molecule has 1 atom stereocenters. The molecule has 1 N–H and O–H groups in total. The molecule has 9 nitrogen and oxygen atoms in total. The average molecular weight is 656 g/mol. The van der Waals surface area contributed by atoms with Crippen molar-refractivity contribution in [3.8, 4) is 17.2 Å². The van der Waals surface area contributed by atoms with Crippen molar-refractivity contribution in [2.45, 2.75) is 69.0 Å². The number of rotatable bonds is 14. The van der Waals surface area contributed by atoms with Crippen molar-refractivity contribution in [3.05, 3.63) is 77.6 Å². The van der Waals surface area contributed by atoms with Crippen LogP contribution in [0.5, 0.6) is 17.2 Å². The summed E-state index contributed by atoms with van der Waals surface area (Å²) in [4.78, 5) is 19.4. The fourth-order valence-corrected chi connectivity index (χ4v) is 6.44. The molecule has 1 saturated heterocycles. The minimum absolute atomic E-state index is 0.0445. The molecule has 3 aliphatic rings. The quantitative estimate of drug-likeness (QED) is 0.224. The molecule has 2 aliphatic carbocycles. The molecule has 0 bridgehead atoms. The fraction of sp³-hybridized carbons (Fsp3) is 0.471. The van der Waals surface area contributed by atoms with Crippen LogP contribution in [0.4, 0.5) is 8.78 Å². The van der Waals surface area contributed by atoms with Crippen molar-refractivity contribution in [1.82, 2.24) is 14.6 Å². The number of hydrogen-bond acceptors (Lipinski definition) is 8. The minimum Gasteiger partial charge on any atom is -0.492 e. The average Bonchev–Trinajstić information content (AvgIpc) is 3.99. The van der Waals surface area contributed by atoms with Gasteiger partial charge in [0.15, 0.2) is 11.6 Å². The summed E-state index contributed by atoms with van der Waals surface area (Å²) in [5.41, 5.74) is -0.274. The number of likely N-dealkylation sites (tertiary alicyclic amines) is 1. The van der Waals surface area contributed by atoms with Crippen LogP contribution in [-0.2, 0) is 10.0 Å². The molecular weight excluding hydrogens is 616 g/mol. The molecule has 6 rings (SSSR count). The highest BCUT2D eigenvalue weighted by atomic mass is 32.2. The van der Waals surface area contributed by atoms with E-state index in [1.807, 2.05) is 11.6 Å². The molecule has 0 spiro atoms. The standard InChI is InChI=1S/C34H39F2N3O6S/c1-2-30(29-13-9-26(19-37-29)43-21-23-5-6-23)45-31-14-12-28(32(35)33(31)36)34(40)38-46(41,42)27-10-7-24(8-11-27)44-25-15-17-39(18-16-25)20-22-3-4-22/h7-14,19,22-23,25,30H,2-6,15-18,20-21H2,1H3,(H,38,40)/t30-/m1/s1. The van der Waals surface area contributed by atoms with Gasteiger partial charge >= 0.3 is 0 Å². The largest absolute Gasteiger partial charge is 0.492 e. The van der Waals surface area contributed by atoms with Gasteiger partial charge in [-0.05, 0) is 105 Å². The predicted molar refractivity (Wildman–Crippen MR) is 166 cm³/mol. The Kier molecular flexibility index (Phi) is 9.74. The number of piperidine rings is 1. The maximum atomic E-state index is 15.1. The van der Waals surface area contributed by atoms with Crippen molar-refractivity contribution in [1.29, 1.82) is 0 Å². The molecular formula is C34H39F2N3O6S. The molecule has 12 heteroatoms. The molecule has 1 aliphatic heterocycles. The monoisotopic (exact) mass is 655 g/mol. The second-order valence-corrected chi connectivity index (χ2v) is 14.1. The van der Waals surface area contributed by atoms with E-state index in [1.54, 1.807) is 18.3 Å². The van der Waals surface area contributed by atoms with Gasteiger partial charge in [-0.15, -0.1) is 0 Å². The fourth-order valence-electron chi connectivity index (χ4n) is 5.47. The maximum absolute atomic E-state index is 15.1.